The quantitative estimate of drug-likeness (QED) is 0.235. The Morgan fingerprint density at radius 3 is 2.00 bits per heavy atom. The molecule has 0 N–H and O–H groups in total. The van der Waals surface area contributed by atoms with Crippen LogP contribution in [0, 0.1) is 3.57 Å². The molecule has 23 heavy (non-hydrogen) atoms. The number of fused-ring (bicyclic) bond motifs is 5. The topological polar surface area (TPSA) is 0 Å². The molecule has 110 valence electrons. The minimum Gasteiger partial charge on any atom is -0.134 e. The Labute approximate surface area is 155 Å². The molecule has 0 nitrogen and oxygen atoms in total. The first kappa shape index (κ1) is 14.0. The molecule has 0 saturated carbocycles. The van der Waals surface area contributed by atoms with Gasteiger partial charge in [-0.15, -0.1) is 22.7 Å². The molecular weight excluding hydrogens is 431 g/mol. The molecule has 0 saturated heterocycles. The van der Waals surface area contributed by atoms with Crippen molar-refractivity contribution in [3.05, 3.63) is 70.3 Å². The van der Waals surface area contributed by atoms with Crippen LogP contribution in [0.4, 0.5) is 0 Å². The Kier molecular flexibility index (Phi) is 3.21. The van der Waals surface area contributed by atoms with Gasteiger partial charge in [0.2, 0.25) is 0 Å². The van der Waals surface area contributed by atoms with Gasteiger partial charge in [-0.2, -0.15) is 0 Å². The SMILES string of the molecule is Ic1ccc2c(c1)sc1c3ccc(-c4ccccc4)cc3sc21. The fraction of sp³-hybridized carbons (Fsp3) is 0. The number of hydrogen-bond acceptors (Lipinski definition) is 2. The second kappa shape index (κ2) is 5.30. The van der Waals surface area contributed by atoms with Gasteiger partial charge >= 0.3 is 0 Å². The predicted octanol–water partition coefficient (Wildman–Crippen LogP) is 7.54. The van der Waals surface area contributed by atoms with E-state index in [9.17, 15) is 0 Å². The molecule has 5 aromatic rings. The zero-order chi connectivity index (χ0) is 15.4. The first-order chi connectivity index (χ1) is 11.3. The lowest BCUT2D eigenvalue weighted by Gasteiger charge is -2.01. The van der Waals surface area contributed by atoms with Crippen LogP contribution in [0.2, 0.25) is 0 Å². The Bertz CT molecular complexity index is 1170. The molecular formula is C20H11IS2. The predicted molar refractivity (Wildman–Crippen MR) is 113 cm³/mol. The average Bonchev–Trinajstić information content (AvgIpc) is 3.10. The molecule has 0 fully saturated rings. The molecule has 3 heteroatoms. The van der Waals surface area contributed by atoms with E-state index in [-0.39, 0.29) is 0 Å². The fourth-order valence-electron chi connectivity index (χ4n) is 3.04. The lowest BCUT2D eigenvalue weighted by molar-refractivity contribution is 1.66. The number of halogens is 1. The van der Waals surface area contributed by atoms with E-state index in [1.165, 1.54) is 44.3 Å². The summed E-state index contributed by atoms with van der Waals surface area (Å²) in [5, 5.41) is 2.79. The summed E-state index contributed by atoms with van der Waals surface area (Å²) in [5.41, 5.74) is 2.58. The summed E-state index contributed by atoms with van der Waals surface area (Å²) in [5.74, 6) is 0. The van der Waals surface area contributed by atoms with Gasteiger partial charge in [0, 0.05) is 23.7 Å². The maximum atomic E-state index is 2.39. The van der Waals surface area contributed by atoms with Gasteiger partial charge in [-0.25, -0.2) is 0 Å². The third-order valence-corrected chi connectivity index (χ3v) is 7.32. The van der Waals surface area contributed by atoms with Crippen LogP contribution in [-0.4, -0.2) is 0 Å². The fourth-order valence-corrected chi connectivity index (χ4v) is 6.47. The van der Waals surface area contributed by atoms with Crippen LogP contribution in [0.15, 0.2) is 66.7 Å². The molecule has 0 radical (unpaired) electrons. The van der Waals surface area contributed by atoms with Crippen LogP contribution in [0.5, 0.6) is 0 Å². The molecule has 5 rings (SSSR count). The maximum absolute atomic E-state index is 2.39. The molecule has 0 spiro atoms. The van der Waals surface area contributed by atoms with Crippen molar-refractivity contribution in [1.29, 1.82) is 0 Å². The number of thiophene rings is 2. The van der Waals surface area contributed by atoms with Gasteiger partial charge in [-0.05, 0) is 51.9 Å². The van der Waals surface area contributed by atoms with E-state index in [0.717, 1.165) is 0 Å². The highest BCUT2D eigenvalue weighted by molar-refractivity contribution is 14.1. The maximum Gasteiger partial charge on any atom is 0.0542 e. The van der Waals surface area contributed by atoms with Gasteiger partial charge in [-0.1, -0.05) is 48.5 Å². The van der Waals surface area contributed by atoms with Crippen molar-refractivity contribution in [2.24, 2.45) is 0 Å². The van der Waals surface area contributed by atoms with Crippen molar-refractivity contribution >= 4 is 74.8 Å². The van der Waals surface area contributed by atoms with Crippen LogP contribution in [0.1, 0.15) is 0 Å². The van der Waals surface area contributed by atoms with Crippen LogP contribution < -0.4 is 0 Å². The molecule has 2 aromatic heterocycles. The van der Waals surface area contributed by atoms with Gasteiger partial charge in [-0.3, -0.25) is 0 Å². The van der Waals surface area contributed by atoms with Crippen LogP contribution >= 0.6 is 45.3 Å². The normalized spacial score (nSPS) is 11.7. The highest BCUT2D eigenvalue weighted by atomic mass is 127. The van der Waals surface area contributed by atoms with Crippen molar-refractivity contribution in [1.82, 2.24) is 0 Å². The van der Waals surface area contributed by atoms with E-state index in [1.54, 1.807) is 0 Å². The van der Waals surface area contributed by atoms with Crippen molar-refractivity contribution in [2.75, 3.05) is 0 Å². The first-order valence-corrected chi connectivity index (χ1v) is 10.1. The molecule has 0 aliphatic heterocycles. The monoisotopic (exact) mass is 442 g/mol. The summed E-state index contributed by atoms with van der Waals surface area (Å²) < 4.78 is 6.95. The zero-order valence-corrected chi connectivity index (χ0v) is 15.8. The second-order valence-electron chi connectivity index (χ2n) is 5.58. The average molecular weight is 442 g/mol. The molecule has 0 unspecified atom stereocenters. The number of benzene rings is 3. The largest absolute Gasteiger partial charge is 0.134 e. The Balaban J connectivity index is 1.80. The Hall–Kier alpha value is -1.43. The lowest BCUT2D eigenvalue weighted by atomic mass is 10.1. The van der Waals surface area contributed by atoms with Gasteiger partial charge in [0.25, 0.3) is 0 Å². The van der Waals surface area contributed by atoms with Gasteiger partial charge in [0.1, 0.15) is 0 Å². The van der Waals surface area contributed by atoms with E-state index in [1.807, 2.05) is 22.7 Å². The molecule has 0 aliphatic carbocycles. The summed E-state index contributed by atoms with van der Waals surface area (Å²) in [6, 6.07) is 24.2. The third-order valence-electron chi connectivity index (χ3n) is 4.15. The number of hydrogen-bond donors (Lipinski definition) is 0. The molecule has 0 atom stereocenters. The Morgan fingerprint density at radius 1 is 0.609 bits per heavy atom. The van der Waals surface area contributed by atoms with Crippen LogP contribution in [0.25, 0.3) is 40.7 Å². The van der Waals surface area contributed by atoms with E-state index in [4.69, 9.17) is 0 Å². The van der Waals surface area contributed by atoms with Crippen molar-refractivity contribution in [3.8, 4) is 11.1 Å². The van der Waals surface area contributed by atoms with Crippen molar-refractivity contribution in [2.45, 2.75) is 0 Å². The smallest absolute Gasteiger partial charge is 0.0542 e. The molecule has 3 aromatic carbocycles. The van der Waals surface area contributed by atoms with E-state index < -0.39 is 0 Å². The summed E-state index contributed by atoms with van der Waals surface area (Å²) >= 11 is 6.23. The summed E-state index contributed by atoms with van der Waals surface area (Å²) in [4.78, 5) is 0. The van der Waals surface area contributed by atoms with Gasteiger partial charge in [0.15, 0.2) is 0 Å². The third kappa shape index (κ3) is 2.22. The second-order valence-corrected chi connectivity index (χ2v) is 8.93. The highest BCUT2D eigenvalue weighted by Crippen LogP contribution is 2.45. The molecule has 2 heterocycles. The van der Waals surface area contributed by atoms with Crippen LogP contribution in [0.3, 0.4) is 0 Å². The van der Waals surface area contributed by atoms with Crippen molar-refractivity contribution in [3.63, 3.8) is 0 Å². The standard InChI is InChI=1S/C20H11IS2/c21-14-7-9-16-18(11-14)23-19-15-8-6-13(10-17(15)22-20(16)19)12-4-2-1-3-5-12/h1-11H. The summed E-state index contributed by atoms with van der Waals surface area (Å²) in [7, 11) is 0. The lowest BCUT2D eigenvalue weighted by Crippen LogP contribution is -1.75. The zero-order valence-electron chi connectivity index (χ0n) is 12.0. The number of rotatable bonds is 1. The molecule has 0 amide bonds. The van der Waals surface area contributed by atoms with Crippen molar-refractivity contribution < 1.29 is 0 Å². The van der Waals surface area contributed by atoms with Gasteiger partial charge < -0.3 is 0 Å². The molecule has 0 aliphatic rings. The van der Waals surface area contributed by atoms with E-state index in [0.29, 0.717) is 0 Å². The highest BCUT2D eigenvalue weighted by Gasteiger charge is 2.12. The minimum atomic E-state index is 1.28. The first-order valence-electron chi connectivity index (χ1n) is 7.39. The van der Waals surface area contributed by atoms with E-state index in [2.05, 4.69) is 89.3 Å². The summed E-state index contributed by atoms with van der Waals surface area (Å²) in [6.45, 7) is 0. The summed E-state index contributed by atoms with van der Waals surface area (Å²) in [6.07, 6.45) is 0. The minimum absolute atomic E-state index is 1.28. The van der Waals surface area contributed by atoms with Crippen LogP contribution in [-0.2, 0) is 0 Å². The Morgan fingerprint density at radius 2 is 1.26 bits per heavy atom. The molecule has 0 bridgehead atoms. The van der Waals surface area contributed by atoms with Gasteiger partial charge in [0.05, 0.1) is 9.40 Å². The van der Waals surface area contributed by atoms with E-state index >= 15 is 0 Å².